The van der Waals surface area contributed by atoms with Crippen LogP contribution in [0, 0.1) is 0 Å². The van der Waals surface area contributed by atoms with Crippen molar-refractivity contribution in [3.8, 4) is 11.5 Å². The fourth-order valence-corrected chi connectivity index (χ4v) is 4.41. The van der Waals surface area contributed by atoms with Crippen molar-refractivity contribution < 1.29 is 14.3 Å². The molecule has 1 amide bonds. The molecule has 2 heterocycles. The Labute approximate surface area is 197 Å². The predicted octanol–water partition coefficient (Wildman–Crippen LogP) is 4.73. The molecule has 1 unspecified atom stereocenters. The minimum atomic E-state index is -0.492. The van der Waals surface area contributed by atoms with Crippen molar-refractivity contribution in [3.63, 3.8) is 0 Å². The van der Waals surface area contributed by atoms with Crippen LogP contribution in [-0.4, -0.2) is 40.6 Å². The topological polar surface area (TPSA) is 90.3 Å². The molecule has 2 aromatic carbocycles. The maximum Gasteiger partial charge on any atom is 0.255 e. The van der Waals surface area contributed by atoms with Gasteiger partial charge in [0.2, 0.25) is 11.1 Å². The van der Waals surface area contributed by atoms with Crippen LogP contribution in [-0.2, 0) is 4.79 Å². The quantitative estimate of drug-likeness (QED) is 0.465. The zero-order chi connectivity index (χ0) is 23.4. The van der Waals surface area contributed by atoms with E-state index in [1.807, 2.05) is 55.5 Å². The Kier molecular flexibility index (Phi) is 6.88. The van der Waals surface area contributed by atoms with Crippen molar-refractivity contribution in [2.24, 2.45) is 0 Å². The first-order valence-electron chi connectivity index (χ1n) is 10.7. The van der Waals surface area contributed by atoms with E-state index in [-0.39, 0.29) is 5.91 Å². The van der Waals surface area contributed by atoms with E-state index in [0.717, 1.165) is 29.1 Å². The molecule has 2 N–H and O–H groups in total. The number of allylic oxidation sites excluding steroid dienone is 1. The molecule has 1 atom stereocenters. The molecule has 0 aliphatic carbocycles. The SMILES string of the molecule is CCCSc1nc2n(n1)C(c1ccc(OC)c(OC)c1)C(C(=O)Nc1ccccc1)=C(C)N2. The summed E-state index contributed by atoms with van der Waals surface area (Å²) in [5, 5.41) is 11.7. The van der Waals surface area contributed by atoms with Crippen LogP contribution in [0.2, 0.25) is 0 Å². The van der Waals surface area contributed by atoms with Gasteiger partial charge in [-0.3, -0.25) is 4.79 Å². The van der Waals surface area contributed by atoms with E-state index in [2.05, 4.69) is 22.5 Å². The number of rotatable bonds is 8. The molecule has 0 saturated carbocycles. The van der Waals surface area contributed by atoms with E-state index in [1.54, 1.807) is 30.7 Å². The van der Waals surface area contributed by atoms with Gasteiger partial charge in [-0.15, -0.1) is 5.10 Å². The molecule has 0 saturated heterocycles. The lowest BCUT2D eigenvalue weighted by Gasteiger charge is -2.29. The van der Waals surface area contributed by atoms with Gasteiger partial charge >= 0.3 is 0 Å². The molecular weight excluding hydrogens is 438 g/mol. The molecule has 0 radical (unpaired) electrons. The second-order valence-corrected chi connectivity index (χ2v) is 8.57. The van der Waals surface area contributed by atoms with Crippen LogP contribution in [0.1, 0.15) is 31.9 Å². The van der Waals surface area contributed by atoms with E-state index >= 15 is 0 Å². The Bertz CT molecular complexity index is 1180. The van der Waals surface area contributed by atoms with Gasteiger partial charge in [-0.2, -0.15) is 4.98 Å². The van der Waals surface area contributed by atoms with E-state index in [1.165, 1.54) is 0 Å². The Hall–Kier alpha value is -3.46. The normalized spacial score (nSPS) is 15.0. The van der Waals surface area contributed by atoms with Crippen LogP contribution in [0.25, 0.3) is 0 Å². The van der Waals surface area contributed by atoms with Crippen LogP contribution in [0.4, 0.5) is 11.6 Å². The summed E-state index contributed by atoms with van der Waals surface area (Å²) in [6.07, 6.45) is 1.02. The number of benzene rings is 2. The number of amides is 1. The zero-order valence-corrected chi connectivity index (χ0v) is 19.9. The minimum absolute atomic E-state index is 0.213. The van der Waals surface area contributed by atoms with E-state index in [0.29, 0.717) is 28.2 Å². The van der Waals surface area contributed by atoms with Gasteiger partial charge in [0.25, 0.3) is 5.91 Å². The third-order valence-corrected chi connectivity index (χ3v) is 6.31. The highest BCUT2D eigenvalue weighted by molar-refractivity contribution is 7.99. The summed E-state index contributed by atoms with van der Waals surface area (Å²) in [6.45, 7) is 4.00. The minimum Gasteiger partial charge on any atom is -0.493 e. The summed E-state index contributed by atoms with van der Waals surface area (Å²) in [7, 11) is 3.19. The van der Waals surface area contributed by atoms with Gasteiger partial charge in [0, 0.05) is 17.1 Å². The number of nitrogens with zero attached hydrogens (tertiary/aromatic N) is 3. The van der Waals surface area contributed by atoms with Gasteiger partial charge < -0.3 is 20.1 Å². The van der Waals surface area contributed by atoms with Gasteiger partial charge in [0.05, 0.1) is 19.8 Å². The van der Waals surface area contributed by atoms with Crippen LogP contribution >= 0.6 is 11.8 Å². The van der Waals surface area contributed by atoms with Gasteiger partial charge in [0.1, 0.15) is 6.04 Å². The molecule has 0 spiro atoms. The maximum atomic E-state index is 13.5. The Morgan fingerprint density at radius 3 is 2.61 bits per heavy atom. The second kappa shape index (κ2) is 9.99. The highest BCUT2D eigenvalue weighted by atomic mass is 32.2. The van der Waals surface area contributed by atoms with Gasteiger partial charge in [0.15, 0.2) is 11.5 Å². The molecule has 1 aliphatic rings. The van der Waals surface area contributed by atoms with E-state index in [4.69, 9.17) is 14.6 Å². The standard InChI is InChI=1S/C24H27N5O3S/c1-5-13-33-24-27-23-25-15(2)20(22(30)26-17-9-7-6-8-10-17)21(29(23)28-24)16-11-12-18(31-3)19(14-16)32-4/h6-12,14,21H,5,13H2,1-4H3,(H,26,30)(H,25,27,28). The summed E-state index contributed by atoms with van der Waals surface area (Å²) in [5.41, 5.74) is 2.83. The Morgan fingerprint density at radius 1 is 1.15 bits per heavy atom. The number of anilines is 2. The number of carbonyl (C=O) groups is 1. The lowest BCUT2D eigenvalue weighted by atomic mass is 9.94. The first-order chi connectivity index (χ1) is 16.0. The summed E-state index contributed by atoms with van der Waals surface area (Å²) in [6, 6.07) is 14.5. The average Bonchev–Trinajstić information content (AvgIpc) is 3.24. The number of fused-ring (bicyclic) bond motifs is 1. The van der Waals surface area contributed by atoms with E-state index < -0.39 is 6.04 Å². The summed E-state index contributed by atoms with van der Waals surface area (Å²) in [4.78, 5) is 18.1. The number of nitrogens with one attached hydrogen (secondary N) is 2. The number of hydrogen-bond acceptors (Lipinski definition) is 7. The monoisotopic (exact) mass is 465 g/mol. The lowest BCUT2D eigenvalue weighted by molar-refractivity contribution is -0.113. The Balaban J connectivity index is 1.80. The third kappa shape index (κ3) is 4.68. The molecule has 0 fully saturated rings. The van der Waals surface area contributed by atoms with Crippen molar-refractivity contribution in [1.82, 2.24) is 14.8 Å². The lowest BCUT2D eigenvalue weighted by Crippen LogP contribution is -2.31. The zero-order valence-electron chi connectivity index (χ0n) is 19.1. The first kappa shape index (κ1) is 22.7. The average molecular weight is 466 g/mol. The molecule has 4 rings (SSSR count). The highest BCUT2D eigenvalue weighted by Gasteiger charge is 2.35. The molecule has 33 heavy (non-hydrogen) atoms. The number of carbonyl (C=O) groups excluding carboxylic acids is 1. The molecule has 0 bridgehead atoms. The number of methoxy groups -OCH3 is 2. The molecule has 1 aromatic heterocycles. The van der Waals surface area contributed by atoms with Crippen molar-refractivity contribution in [2.45, 2.75) is 31.5 Å². The fourth-order valence-electron chi connectivity index (χ4n) is 3.73. The van der Waals surface area contributed by atoms with Crippen molar-refractivity contribution in [2.75, 3.05) is 30.6 Å². The van der Waals surface area contributed by atoms with Crippen molar-refractivity contribution in [3.05, 3.63) is 65.4 Å². The summed E-state index contributed by atoms with van der Waals surface area (Å²) < 4.78 is 12.7. The number of ether oxygens (including phenoxy) is 2. The first-order valence-corrected chi connectivity index (χ1v) is 11.7. The number of hydrogen-bond donors (Lipinski definition) is 2. The van der Waals surface area contributed by atoms with Crippen LogP contribution < -0.4 is 20.1 Å². The van der Waals surface area contributed by atoms with Gasteiger partial charge in [-0.1, -0.05) is 43.0 Å². The molecule has 9 heteroatoms. The maximum absolute atomic E-state index is 13.5. The number of thioether (sulfide) groups is 1. The highest BCUT2D eigenvalue weighted by Crippen LogP contribution is 2.39. The number of para-hydroxylation sites is 1. The predicted molar refractivity (Wildman–Crippen MR) is 130 cm³/mol. The molecule has 172 valence electrons. The molecule has 8 nitrogen and oxygen atoms in total. The molecule has 3 aromatic rings. The Morgan fingerprint density at radius 2 is 1.91 bits per heavy atom. The summed E-state index contributed by atoms with van der Waals surface area (Å²) in [5.74, 6) is 2.50. The second-order valence-electron chi connectivity index (χ2n) is 7.51. The summed E-state index contributed by atoms with van der Waals surface area (Å²) >= 11 is 1.59. The van der Waals surface area contributed by atoms with Crippen LogP contribution in [0.15, 0.2) is 65.0 Å². The van der Waals surface area contributed by atoms with Crippen molar-refractivity contribution >= 4 is 29.3 Å². The van der Waals surface area contributed by atoms with Gasteiger partial charge in [-0.05, 0) is 43.2 Å². The number of aromatic nitrogens is 3. The van der Waals surface area contributed by atoms with Crippen LogP contribution in [0.3, 0.4) is 0 Å². The molecule has 1 aliphatic heterocycles. The fraction of sp³-hybridized carbons (Fsp3) is 0.292. The third-order valence-electron chi connectivity index (χ3n) is 5.27. The molecular formula is C24H27N5O3S. The van der Waals surface area contributed by atoms with Crippen LogP contribution in [0.5, 0.6) is 11.5 Å². The smallest absolute Gasteiger partial charge is 0.255 e. The van der Waals surface area contributed by atoms with Gasteiger partial charge in [-0.25, -0.2) is 4.68 Å². The largest absolute Gasteiger partial charge is 0.493 e. The van der Waals surface area contributed by atoms with Crippen molar-refractivity contribution in [1.29, 1.82) is 0 Å². The van der Waals surface area contributed by atoms with E-state index in [9.17, 15) is 4.79 Å².